The van der Waals surface area contributed by atoms with Crippen LogP contribution in [0.25, 0.3) is 0 Å². The molecule has 94 valence electrons. The van der Waals surface area contributed by atoms with E-state index in [0.29, 0.717) is 6.10 Å². The largest absolute Gasteiger partial charge is 0.380 e. The van der Waals surface area contributed by atoms with Gasteiger partial charge < -0.3 is 9.64 Å². The number of aryl methyl sites for hydroxylation is 1. The monoisotopic (exact) mass is 253 g/mol. The molecule has 1 aliphatic rings. The van der Waals surface area contributed by atoms with E-state index in [0.717, 1.165) is 24.5 Å². The summed E-state index contributed by atoms with van der Waals surface area (Å²) in [6, 6.07) is 4.29. The van der Waals surface area contributed by atoms with E-state index in [9.17, 15) is 0 Å². The van der Waals surface area contributed by atoms with E-state index >= 15 is 0 Å². The number of nitrogens with zero attached hydrogens (tertiary/aromatic N) is 1. The number of benzene rings is 1. The molecule has 2 rings (SSSR count). The van der Waals surface area contributed by atoms with Crippen LogP contribution < -0.4 is 4.90 Å². The lowest BCUT2D eigenvalue weighted by atomic mass is 10.0. The molecule has 1 fully saturated rings. The number of hydrogen-bond acceptors (Lipinski definition) is 2. The van der Waals surface area contributed by atoms with Crippen LogP contribution in [0.5, 0.6) is 0 Å². The Kier molecular flexibility index (Phi) is 3.95. The number of hydrogen-bond donors (Lipinski definition) is 0. The van der Waals surface area contributed by atoms with Gasteiger partial charge in [0, 0.05) is 30.9 Å². The molecule has 2 nitrogen and oxygen atoms in total. The van der Waals surface area contributed by atoms with Crippen LogP contribution in [0, 0.1) is 13.8 Å². The fourth-order valence-electron chi connectivity index (χ4n) is 2.35. The first-order valence-electron chi connectivity index (χ1n) is 6.16. The van der Waals surface area contributed by atoms with Crippen LogP contribution in [0.1, 0.15) is 24.0 Å². The highest BCUT2D eigenvalue weighted by Gasteiger charge is 2.20. The predicted molar refractivity (Wildman–Crippen MR) is 73.2 cm³/mol. The summed E-state index contributed by atoms with van der Waals surface area (Å²) in [7, 11) is 1.79. The molecular weight excluding hydrogens is 234 g/mol. The van der Waals surface area contributed by atoms with E-state index in [4.69, 9.17) is 16.3 Å². The molecule has 0 bridgehead atoms. The Labute approximate surface area is 109 Å². The molecule has 0 radical (unpaired) electrons. The summed E-state index contributed by atoms with van der Waals surface area (Å²) in [5, 5.41) is 0.861. The molecule has 0 N–H and O–H groups in total. The zero-order valence-corrected chi connectivity index (χ0v) is 11.5. The molecule has 1 unspecified atom stereocenters. The highest BCUT2D eigenvalue weighted by Crippen LogP contribution is 2.28. The molecule has 1 heterocycles. The Morgan fingerprint density at radius 1 is 1.35 bits per heavy atom. The Bertz CT molecular complexity index is 382. The van der Waals surface area contributed by atoms with Crippen molar-refractivity contribution < 1.29 is 4.74 Å². The Balaban J connectivity index is 2.22. The van der Waals surface area contributed by atoms with E-state index in [2.05, 4.69) is 30.9 Å². The van der Waals surface area contributed by atoms with Gasteiger partial charge in [-0.3, -0.25) is 0 Å². The molecule has 1 saturated heterocycles. The van der Waals surface area contributed by atoms with Crippen LogP contribution in [-0.2, 0) is 4.74 Å². The summed E-state index contributed by atoms with van der Waals surface area (Å²) in [5.74, 6) is 0. The minimum atomic E-state index is 0.351. The maximum atomic E-state index is 6.25. The molecular formula is C14H20ClNO. The summed E-state index contributed by atoms with van der Waals surface area (Å²) in [5.41, 5.74) is 3.66. The second-order valence-electron chi connectivity index (χ2n) is 4.82. The molecule has 1 aromatic carbocycles. The van der Waals surface area contributed by atoms with Gasteiger partial charge >= 0.3 is 0 Å². The molecule has 0 amide bonds. The summed E-state index contributed by atoms with van der Waals surface area (Å²) < 4.78 is 5.45. The lowest BCUT2D eigenvalue weighted by Crippen LogP contribution is -2.39. The molecule has 3 heteroatoms. The van der Waals surface area contributed by atoms with Crippen LogP contribution in [0.4, 0.5) is 5.69 Å². The van der Waals surface area contributed by atoms with Crippen molar-refractivity contribution in [3.63, 3.8) is 0 Å². The lowest BCUT2D eigenvalue weighted by Gasteiger charge is -2.34. The van der Waals surface area contributed by atoms with Crippen LogP contribution >= 0.6 is 11.6 Å². The van der Waals surface area contributed by atoms with Crippen molar-refractivity contribution in [1.29, 1.82) is 0 Å². The number of rotatable bonds is 2. The van der Waals surface area contributed by atoms with Gasteiger partial charge in [-0.15, -0.1) is 0 Å². The third-order valence-electron chi connectivity index (χ3n) is 3.67. The van der Waals surface area contributed by atoms with Crippen LogP contribution in [0.3, 0.4) is 0 Å². The van der Waals surface area contributed by atoms with Gasteiger partial charge in [-0.25, -0.2) is 0 Å². The van der Waals surface area contributed by atoms with Crippen LogP contribution in [0.15, 0.2) is 12.1 Å². The van der Waals surface area contributed by atoms with Crippen molar-refractivity contribution in [2.75, 3.05) is 25.1 Å². The van der Waals surface area contributed by atoms with Gasteiger partial charge in [0.1, 0.15) is 0 Å². The number of ether oxygens (including phenoxy) is 1. The van der Waals surface area contributed by atoms with Crippen molar-refractivity contribution in [2.24, 2.45) is 0 Å². The maximum Gasteiger partial charge on any atom is 0.0746 e. The van der Waals surface area contributed by atoms with Gasteiger partial charge in [-0.1, -0.05) is 11.6 Å². The highest BCUT2D eigenvalue weighted by molar-refractivity contribution is 6.31. The Morgan fingerprint density at radius 2 is 2.12 bits per heavy atom. The number of methoxy groups -OCH3 is 1. The summed E-state index contributed by atoms with van der Waals surface area (Å²) in [6.45, 7) is 6.24. The van der Waals surface area contributed by atoms with Gasteiger partial charge in [-0.2, -0.15) is 0 Å². The average Bonchev–Trinajstić information content (AvgIpc) is 2.35. The molecule has 0 saturated carbocycles. The van der Waals surface area contributed by atoms with E-state index < -0.39 is 0 Å². The van der Waals surface area contributed by atoms with E-state index in [-0.39, 0.29) is 0 Å². The quantitative estimate of drug-likeness (QED) is 0.799. The third kappa shape index (κ3) is 2.75. The first-order chi connectivity index (χ1) is 8.11. The predicted octanol–water partition coefficient (Wildman–Crippen LogP) is 3.57. The molecule has 0 aromatic heterocycles. The van der Waals surface area contributed by atoms with Crippen molar-refractivity contribution in [2.45, 2.75) is 32.8 Å². The standard InChI is InChI=1S/C14H20ClNO/c1-10-7-12(8-14(15)11(10)2)16-6-4-5-13(9-16)17-3/h7-8,13H,4-6,9H2,1-3H3. The normalized spacial score (nSPS) is 20.7. The van der Waals surface area contributed by atoms with Crippen LogP contribution in [-0.4, -0.2) is 26.3 Å². The van der Waals surface area contributed by atoms with Gasteiger partial charge in [0.2, 0.25) is 0 Å². The lowest BCUT2D eigenvalue weighted by molar-refractivity contribution is 0.0893. The molecule has 1 aromatic rings. The number of anilines is 1. The summed E-state index contributed by atoms with van der Waals surface area (Å²) in [6.07, 6.45) is 2.69. The van der Waals surface area contributed by atoms with Crippen molar-refractivity contribution in [1.82, 2.24) is 0 Å². The SMILES string of the molecule is COC1CCCN(c2cc(C)c(C)c(Cl)c2)C1. The van der Waals surface area contributed by atoms with Crippen molar-refractivity contribution >= 4 is 17.3 Å². The number of halogens is 1. The summed E-state index contributed by atoms with van der Waals surface area (Å²) in [4.78, 5) is 2.37. The third-order valence-corrected chi connectivity index (χ3v) is 4.06. The molecule has 1 aliphatic heterocycles. The van der Waals surface area contributed by atoms with Crippen molar-refractivity contribution in [3.8, 4) is 0 Å². The Hall–Kier alpha value is -0.730. The van der Waals surface area contributed by atoms with Gasteiger partial charge in [-0.05, 0) is 49.9 Å². The molecule has 0 aliphatic carbocycles. The zero-order chi connectivity index (χ0) is 12.4. The number of piperidine rings is 1. The van der Waals surface area contributed by atoms with Crippen LogP contribution in [0.2, 0.25) is 5.02 Å². The fraction of sp³-hybridized carbons (Fsp3) is 0.571. The van der Waals surface area contributed by atoms with E-state index in [1.807, 2.05) is 0 Å². The van der Waals surface area contributed by atoms with Crippen molar-refractivity contribution in [3.05, 3.63) is 28.3 Å². The first kappa shape index (κ1) is 12.7. The molecule has 17 heavy (non-hydrogen) atoms. The maximum absolute atomic E-state index is 6.25. The minimum Gasteiger partial charge on any atom is -0.380 e. The van der Waals surface area contributed by atoms with Gasteiger partial charge in [0.15, 0.2) is 0 Å². The van der Waals surface area contributed by atoms with Gasteiger partial charge in [0.25, 0.3) is 0 Å². The fourth-order valence-corrected chi connectivity index (χ4v) is 2.61. The Morgan fingerprint density at radius 3 is 2.76 bits per heavy atom. The molecule has 1 atom stereocenters. The topological polar surface area (TPSA) is 12.5 Å². The summed E-state index contributed by atoms with van der Waals surface area (Å²) >= 11 is 6.25. The second kappa shape index (κ2) is 5.28. The zero-order valence-electron chi connectivity index (χ0n) is 10.8. The first-order valence-corrected chi connectivity index (χ1v) is 6.54. The molecule has 0 spiro atoms. The van der Waals surface area contributed by atoms with Gasteiger partial charge in [0.05, 0.1) is 6.10 Å². The van der Waals surface area contributed by atoms with E-state index in [1.54, 1.807) is 7.11 Å². The minimum absolute atomic E-state index is 0.351. The smallest absolute Gasteiger partial charge is 0.0746 e. The average molecular weight is 254 g/mol. The highest BCUT2D eigenvalue weighted by atomic mass is 35.5. The second-order valence-corrected chi connectivity index (χ2v) is 5.22. The van der Waals surface area contributed by atoms with E-state index in [1.165, 1.54) is 23.2 Å².